The van der Waals surface area contributed by atoms with Gasteiger partial charge in [-0.15, -0.1) is 0 Å². The lowest BCUT2D eigenvalue weighted by atomic mass is 10.0. The third-order valence-electron chi connectivity index (χ3n) is 2.24. The predicted molar refractivity (Wildman–Crippen MR) is 53.5 cm³/mol. The molecule has 1 aromatic carbocycles. The lowest BCUT2D eigenvalue weighted by Crippen LogP contribution is -2.21. The van der Waals surface area contributed by atoms with Crippen molar-refractivity contribution in [3.63, 3.8) is 0 Å². The van der Waals surface area contributed by atoms with Crippen LogP contribution < -0.4 is 5.32 Å². The smallest absolute Gasteiger partial charge is 0.310 e. The van der Waals surface area contributed by atoms with Gasteiger partial charge in [-0.25, -0.2) is 0 Å². The summed E-state index contributed by atoms with van der Waals surface area (Å²) in [5, 5.41) is 2.97. The van der Waals surface area contributed by atoms with E-state index in [-0.39, 0.29) is 6.04 Å². The van der Waals surface area contributed by atoms with Gasteiger partial charge < -0.3 is 5.32 Å². The minimum Gasteiger partial charge on any atom is -0.310 e. The normalized spacial score (nSPS) is 13.9. The molecule has 0 aliphatic rings. The molecule has 1 N–H and O–H groups in total. The number of hydrogen-bond donors (Lipinski definition) is 1. The SMILES string of the molecule is CCNC(C)c1ccccc1C(F)(F)F. The van der Waals surface area contributed by atoms with Crippen molar-refractivity contribution in [1.82, 2.24) is 5.32 Å². The summed E-state index contributed by atoms with van der Waals surface area (Å²) >= 11 is 0. The van der Waals surface area contributed by atoms with E-state index in [0.29, 0.717) is 12.1 Å². The second-order valence-corrected chi connectivity index (χ2v) is 3.36. The number of benzene rings is 1. The first-order valence-corrected chi connectivity index (χ1v) is 4.86. The highest BCUT2D eigenvalue weighted by Gasteiger charge is 2.33. The van der Waals surface area contributed by atoms with E-state index in [2.05, 4.69) is 5.32 Å². The Balaban J connectivity index is 3.06. The summed E-state index contributed by atoms with van der Waals surface area (Å²) in [5.41, 5.74) is -0.259. The molecule has 0 aliphatic heterocycles. The van der Waals surface area contributed by atoms with E-state index in [4.69, 9.17) is 0 Å². The summed E-state index contributed by atoms with van der Waals surface area (Å²) in [4.78, 5) is 0. The van der Waals surface area contributed by atoms with Crippen molar-refractivity contribution in [1.29, 1.82) is 0 Å². The molecule has 0 fully saturated rings. The van der Waals surface area contributed by atoms with Gasteiger partial charge in [0.05, 0.1) is 5.56 Å². The molecule has 1 unspecified atom stereocenters. The molecule has 0 heterocycles. The molecular formula is C11H14F3N. The van der Waals surface area contributed by atoms with Crippen LogP contribution in [-0.4, -0.2) is 6.54 Å². The molecule has 0 bridgehead atoms. The number of rotatable bonds is 3. The minimum absolute atomic E-state index is 0.284. The zero-order chi connectivity index (χ0) is 11.5. The van der Waals surface area contributed by atoms with E-state index in [1.165, 1.54) is 12.1 Å². The molecule has 0 aliphatic carbocycles. The van der Waals surface area contributed by atoms with Gasteiger partial charge in [0.1, 0.15) is 0 Å². The number of halogens is 3. The van der Waals surface area contributed by atoms with Crippen LogP contribution in [0.25, 0.3) is 0 Å². The number of hydrogen-bond acceptors (Lipinski definition) is 1. The van der Waals surface area contributed by atoms with Crippen molar-refractivity contribution in [3.8, 4) is 0 Å². The molecule has 4 heteroatoms. The quantitative estimate of drug-likeness (QED) is 0.818. The summed E-state index contributed by atoms with van der Waals surface area (Å²) in [5.74, 6) is 0. The Labute approximate surface area is 87.3 Å². The molecule has 1 nitrogen and oxygen atoms in total. The van der Waals surface area contributed by atoms with Gasteiger partial charge in [0, 0.05) is 6.04 Å². The maximum atomic E-state index is 12.6. The van der Waals surface area contributed by atoms with Crippen LogP contribution in [0.15, 0.2) is 24.3 Å². The standard InChI is InChI=1S/C11H14F3N/c1-3-15-8(2)9-6-4-5-7-10(9)11(12,13)14/h4-8,15H,3H2,1-2H3. The average Bonchev–Trinajstić information content (AvgIpc) is 2.17. The van der Waals surface area contributed by atoms with E-state index in [0.717, 1.165) is 6.07 Å². The number of alkyl halides is 3. The summed E-state index contributed by atoms with van der Waals surface area (Å²) in [6.45, 7) is 4.24. The highest BCUT2D eigenvalue weighted by atomic mass is 19.4. The van der Waals surface area contributed by atoms with Crippen molar-refractivity contribution in [2.24, 2.45) is 0 Å². The van der Waals surface area contributed by atoms with E-state index in [1.54, 1.807) is 13.0 Å². The first kappa shape index (κ1) is 12.0. The average molecular weight is 217 g/mol. The molecule has 15 heavy (non-hydrogen) atoms. The Morgan fingerprint density at radius 3 is 2.40 bits per heavy atom. The van der Waals surface area contributed by atoms with E-state index < -0.39 is 11.7 Å². The van der Waals surface area contributed by atoms with Gasteiger partial charge in [-0.2, -0.15) is 13.2 Å². The van der Waals surface area contributed by atoms with Crippen LogP contribution in [0.5, 0.6) is 0 Å². The van der Waals surface area contributed by atoms with Gasteiger partial charge in [0.25, 0.3) is 0 Å². The predicted octanol–water partition coefficient (Wildman–Crippen LogP) is 3.38. The lowest BCUT2D eigenvalue weighted by Gasteiger charge is -2.18. The second-order valence-electron chi connectivity index (χ2n) is 3.36. The zero-order valence-electron chi connectivity index (χ0n) is 8.73. The molecule has 84 valence electrons. The molecule has 1 rings (SSSR count). The molecule has 0 saturated carbocycles. The third-order valence-corrected chi connectivity index (χ3v) is 2.24. The van der Waals surface area contributed by atoms with Crippen LogP contribution in [0.2, 0.25) is 0 Å². The summed E-state index contributed by atoms with van der Waals surface area (Å²) < 4.78 is 37.9. The van der Waals surface area contributed by atoms with Gasteiger partial charge in [-0.1, -0.05) is 25.1 Å². The summed E-state index contributed by atoms with van der Waals surface area (Å²) in [7, 11) is 0. The lowest BCUT2D eigenvalue weighted by molar-refractivity contribution is -0.138. The molecule has 0 amide bonds. The van der Waals surface area contributed by atoms with Crippen LogP contribution in [0.4, 0.5) is 13.2 Å². The third kappa shape index (κ3) is 2.96. The van der Waals surface area contributed by atoms with Crippen molar-refractivity contribution in [2.75, 3.05) is 6.54 Å². The fourth-order valence-electron chi connectivity index (χ4n) is 1.55. The first-order valence-electron chi connectivity index (χ1n) is 4.86. The molecule has 0 saturated heterocycles. The Bertz CT molecular complexity index is 320. The number of nitrogens with one attached hydrogen (secondary N) is 1. The van der Waals surface area contributed by atoms with Crippen LogP contribution in [0.3, 0.4) is 0 Å². The van der Waals surface area contributed by atoms with E-state index in [9.17, 15) is 13.2 Å². The van der Waals surface area contributed by atoms with Crippen LogP contribution >= 0.6 is 0 Å². The van der Waals surface area contributed by atoms with E-state index in [1.807, 2.05) is 6.92 Å². The molecule has 1 aromatic rings. The topological polar surface area (TPSA) is 12.0 Å². The Kier molecular flexibility index (Phi) is 3.74. The Morgan fingerprint density at radius 1 is 1.27 bits per heavy atom. The molecule has 0 aromatic heterocycles. The fraction of sp³-hybridized carbons (Fsp3) is 0.455. The Morgan fingerprint density at radius 2 is 1.87 bits per heavy atom. The van der Waals surface area contributed by atoms with E-state index >= 15 is 0 Å². The van der Waals surface area contributed by atoms with Crippen LogP contribution in [-0.2, 0) is 6.18 Å². The summed E-state index contributed by atoms with van der Waals surface area (Å²) in [6.07, 6.45) is -4.28. The first-order chi connectivity index (χ1) is 6.96. The van der Waals surface area contributed by atoms with Crippen molar-refractivity contribution < 1.29 is 13.2 Å². The highest BCUT2D eigenvalue weighted by Crippen LogP contribution is 2.34. The van der Waals surface area contributed by atoms with Gasteiger partial charge >= 0.3 is 6.18 Å². The highest BCUT2D eigenvalue weighted by molar-refractivity contribution is 5.31. The van der Waals surface area contributed by atoms with Gasteiger partial charge in [0.15, 0.2) is 0 Å². The van der Waals surface area contributed by atoms with Crippen molar-refractivity contribution >= 4 is 0 Å². The van der Waals surface area contributed by atoms with Crippen LogP contribution in [0.1, 0.15) is 31.0 Å². The largest absolute Gasteiger partial charge is 0.416 e. The van der Waals surface area contributed by atoms with Gasteiger partial charge in [-0.05, 0) is 25.1 Å². The molecule has 0 spiro atoms. The maximum absolute atomic E-state index is 12.6. The monoisotopic (exact) mass is 217 g/mol. The molecule has 0 radical (unpaired) electrons. The van der Waals surface area contributed by atoms with Gasteiger partial charge in [0.2, 0.25) is 0 Å². The molecular weight excluding hydrogens is 203 g/mol. The van der Waals surface area contributed by atoms with Crippen molar-refractivity contribution in [2.45, 2.75) is 26.1 Å². The van der Waals surface area contributed by atoms with Crippen molar-refractivity contribution in [3.05, 3.63) is 35.4 Å². The Hall–Kier alpha value is -1.03. The van der Waals surface area contributed by atoms with Crippen LogP contribution in [0, 0.1) is 0 Å². The zero-order valence-corrected chi connectivity index (χ0v) is 8.73. The second kappa shape index (κ2) is 4.66. The summed E-state index contributed by atoms with van der Waals surface area (Å²) in [6, 6.07) is 5.37. The molecule has 1 atom stereocenters. The maximum Gasteiger partial charge on any atom is 0.416 e. The van der Waals surface area contributed by atoms with Gasteiger partial charge in [-0.3, -0.25) is 0 Å². The minimum atomic E-state index is -4.28. The fourth-order valence-corrected chi connectivity index (χ4v) is 1.55.